The second-order valence-corrected chi connectivity index (χ2v) is 6.20. The molecule has 3 rings (SSSR count). The molecule has 0 fully saturated rings. The number of ketones is 1. The minimum absolute atomic E-state index is 0.175. The Balaban J connectivity index is 1.63. The van der Waals surface area contributed by atoms with Crippen molar-refractivity contribution in [1.29, 1.82) is 0 Å². The second kappa shape index (κ2) is 9.15. The third kappa shape index (κ3) is 4.75. The molecule has 0 unspecified atom stereocenters. The molecule has 1 heterocycles. The molecule has 0 spiro atoms. The summed E-state index contributed by atoms with van der Waals surface area (Å²) in [5.74, 6) is 2.65. The highest BCUT2D eigenvalue weighted by Crippen LogP contribution is 2.28. The smallest absolute Gasteiger partial charge is 0.186 e. The number of ether oxygens (including phenoxy) is 3. The van der Waals surface area contributed by atoms with E-state index in [2.05, 4.69) is 0 Å². The zero-order chi connectivity index (χ0) is 19.9. The average Bonchev–Trinajstić information content (AvgIpc) is 3.18. The summed E-state index contributed by atoms with van der Waals surface area (Å²) in [5.41, 5.74) is 0.489. The fraction of sp³-hybridized carbons (Fsp3) is 0.136. The number of para-hydroxylation sites is 1. The molecule has 0 aliphatic rings. The van der Waals surface area contributed by atoms with E-state index >= 15 is 0 Å². The topological polar surface area (TPSA) is 57.9 Å². The summed E-state index contributed by atoms with van der Waals surface area (Å²) in [5, 5.41) is 0.537. The van der Waals surface area contributed by atoms with Gasteiger partial charge in [0.1, 0.15) is 23.9 Å². The molecule has 0 bridgehead atoms. The minimum Gasteiger partial charge on any atom is -0.493 e. The lowest BCUT2D eigenvalue weighted by molar-refractivity contribution is 0.104. The molecule has 144 valence electrons. The summed E-state index contributed by atoms with van der Waals surface area (Å²) in [6.45, 7) is 0.237. The standard InChI is InChI=1S/C22H19ClO5/c1-25-21-12-7-15(13-22(21)26-2)19(24)11-10-16-8-9-17(28-16)14-27-20-6-4-3-5-18(20)23/h3-13H,14H2,1-2H3/b11-10+. The maximum absolute atomic E-state index is 12.4. The predicted molar refractivity (Wildman–Crippen MR) is 107 cm³/mol. The van der Waals surface area contributed by atoms with Crippen LogP contribution in [0.1, 0.15) is 21.9 Å². The monoisotopic (exact) mass is 398 g/mol. The fourth-order valence-electron chi connectivity index (χ4n) is 2.52. The van der Waals surface area contributed by atoms with Crippen molar-refractivity contribution in [2.24, 2.45) is 0 Å². The first-order valence-corrected chi connectivity index (χ1v) is 8.89. The number of hydrogen-bond donors (Lipinski definition) is 0. The number of methoxy groups -OCH3 is 2. The fourth-order valence-corrected chi connectivity index (χ4v) is 2.71. The maximum Gasteiger partial charge on any atom is 0.186 e. The van der Waals surface area contributed by atoms with E-state index in [-0.39, 0.29) is 12.4 Å². The summed E-state index contributed by atoms with van der Waals surface area (Å²) in [6, 6.07) is 15.8. The van der Waals surface area contributed by atoms with Crippen molar-refractivity contribution < 1.29 is 23.4 Å². The highest BCUT2D eigenvalue weighted by atomic mass is 35.5. The summed E-state index contributed by atoms with van der Waals surface area (Å²) >= 11 is 6.06. The van der Waals surface area contributed by atoms with E-state index in [4.69, 9.17) is 30.2 Å². The van der Waals surface area contributed by atoms with Crippen LogP contribution in [-0.2, 0) is 6.61 Å². The van der Waals surface area contributed by atoms with Gasteiger partial charge in [-0.25, -0.2) is 0 Å². The third-order valence-electron chi connectivity index (χ3n) is 3.96. The highest BCUT2D eigenvalue weighted by Gasteiger charge is 2.09. The van der Waals surface area contributed by atoms with E-state index < -0.39 is 0 Å². The largest absolute Gasteiger partial charge is 0.493 e. The molecule has 0 atom stereocenters. The van der Waals surface area contributed by atoms with Crippen molar-refractivity contribution in [3.8, 4) is 17.2 Å². The first-order chi connectivity index (χ1) is 13.6. The number of hydrogen-bond acceptors (Lipinski definition) is 5. The van der Waals surface area contributed by atoms with E-state index in [1.807, 2.05) is 12.1 Å². The molecule has 0 N–H and O–H groups in total. The van der Waals surface area contributed by atoms with Gasteiger partial charge in [-0.15, -0.1) is 0 Å². The normalized spacial score (nSPS) is 10.8. The number of rotatable bonds is 8. The number of furan rings is 1. The van der Waals surface area contributed by atoms with E-state index in [0.717, 1.165) is 0 Å². The van der Waals surface area contributed by atoms with Gasteiger partial charge in [0.05, 0.1) is 19.2 Å². The van der Waals surface area contributed by atoms with Crippen LogP contribution in [-0.4, -0.2) is 20.0 Å². The number of benzene rings is 2. The van der Waals surface area contributed by atoms with E-state index in [1.165, 1.54) is 13.2 Å². The van der Waals surface area contributed by atoms with Crippen LogP contribution >= 0.6 is 11.6 Å². The van der Waals surface area contributed by atoms with Crippen LogP contribution in [0, 0.1) is 0 Å². The summed E-state index contributed by atoms with van der Waals surface area (Å²) in [4.78, 5) is 12.4. The molecule has 0 amide bonds. The minimum atomic E-state index is -0.175. The number of carbonyl (C=O) groups excluding carboxylic acids is 1. The van der Waals surface area contributed by atoms with Crippen molar-refractivity contribution in [3.05, 3.63) is 82.8 Å². The number of allylic oxidation sites excluding steroid dienone is 1. The molecule has 0 saturated carbocycles. The maximum atomic E-state index is 12.4. The number of halogens is 1. The first-order valence-electron chi connectivity index (χ1n) is 8.51. The van der Waals surface area contributed by atoms with Gasteiger partial charge in [-0.05, 0) is 54.6 Å². The van der Waals surface area contributed by atoms with Crippen LogP contribution in [0.4, 0.5) is 0 Å². The van der Waals surface area contributed by atoms with Crippen molar-refractivity contribution in [2.75, 3.05) is 14.2 Å². The van der Waals surface area contributed by atoms with E-state index in [1.54, 1.807) is 55.7 Å². The lowest BCUT2D eigenvalue weighted by Crippen LogP contribution is -1.97. The van der Waals surface area contributed by atoms with Crippen molar-refractivity contribution >= 4 is 23.5 Å². The van der Waals surface area contributed by atoms with E-state index in [0.29, 0.717) is 39.4 Å². The highest BCUT2D eigenvalue weighted by molar-refractivity contribution is 6.32. The van der Waals surface area contributed by atoms with Gasteiger partial charge in [0.15, 0.2) is 17.3 Å². The Morgan fingerprint density at radius 3 is 2.54 bits per heavy atom. The zero-order valence-corrected chi connectivity index (χ0v) is 16.2. The quantitative estimate of drug-likeness (QED) is 0.374. The molecule has 0 saturated heterocycles. The van der Waals surface area contributed by atoms with Crippen molar-refractivity contribution in [2.45, 2.75) is 6.61 Å². The van der Waals surface area contributed by atoms with Crippen LogP contribution in [0.3, 0.4) is 0 Å². The van der Waals surface area contributed by atoms with Crippen LogP contribution in [0.15, 0.2) is 65.1 Å². The molecule has 1 aromatic heterocycles. The van der Waals surface area contributed by atoms with Gasteiger partial charge in [-0.1, -0.05) is 23.7 Å². The Labute approximate surface area is 168 Å². The molecular formula is C22H19ClO5. The summed E-state index contributed by atoms with van der Waals surface area (Å²) < 4.78 is 21.7. The number of carbonyl (C=O) groups is 1. The van der Waals surface area contributed by atoms with E-state index in [9.17, 15) is 4.79 Å². The van der Waals surface area contributed by atoms with Gasteiger partial charge >= 0.3 is 0 Å². The van der Waals surface area contributed by atoms with Gasteiger partial charge in [-0.2, -0.15) is 0 Å². The Morgan fingerprint density at radius 2 is 1.79 bits per heavy atom. The molecule has 0 radical (unpaired) electrons. The Hall–Kier alpha value is -3.18. The van der Waals surface area contributed by atoms with Gasteiger partial charge in [0.25, 0.3) is 0 Å². The molecule has 3 aromatic rings. The van der Waals surface area contributed by atoms with Gasteiger partial charge in [0, 0.05) is 5.56 Å². The van der Waals surface area contributed by atoms with Gasteiger partial charge in [-0.3, -0.25) is 4.79 Å². The van der Waals surface area contributed by atoms with Crippen LogP contribution < -0.4 is 14.2 Å². The lowest BCUT2D eigenvalue weighted by Gasteiger charge is -2.07. The molecule has 0 aliphatic carbocycles. The second-order valence-electron chi connectivity index (χ2n) is 5.79. The Morgan fingerprint density at radius 1 is 1.00 bits per heavy atom. The first kappa shape index (κ1) is 19.6. The van der Waals surface area contributed by atoms with Crippen LogP contribution in [0.5, 0.6) is 17.2 Å². The summed E-state index contributed by atoms with van der Waals surface area (Å²) in [7, 11) is 3.07. The molecular weight excluding hydrogens is 380 g/mol. The molecule has 28 heavy (non-hydrogen) atoms. The van der Waals surface area contributed by atoms with Crippen molar-refractivity contribution in [1.82, 2.24) is 0 Å². The van der Waals surface area contributed by atoms with Crippen LogP contribution in [0.25, 0.3) is 6.08 Å². The third-order valence-corrected chi connectivity index (χ3v) is 4.27. The van der Waals surface area contributed by atoms with Gasteiger partial charge in [0.2, 0.25) is 0 Å². The molecule has 5 nitrogen and oxygen atoms in total. The zero-order valence-electron chi connectivity index (χ0n) is 15.5. The molecule has 0 aliphatic heterocycles. The lowest BCUT2D eigenvalue weighted by atomic mass is 10.1. The van der Waals surface area contributed by atoms with Gasteiger partial charge < -0.3 is 18.6 Å². The average molecular weight is 399 g/mol. The Bertz CT molecular complexity index is 990. The molecule has 6 heteroatoms. The van der Waals surface area contributed by atoms with Crippen LogP contribution in [0.2, 0.25) is 5.02 Å². The SMILES string of the molecule is COc1ccc(C(=O)/C=C/c2ccc(COc3ccccc3Cl)o2)cc1OC. The Kier molecular flexibility index (Phi) is 6.40. The predicted octanol–water partition coefficient (Wildman–Crippen LogP) is 5.43. The van der Waals surface area contributed by atoms with Crippen molar-refractivity contribution in [3.63, 3.8) is 0 Å². The molecule has 2 aromatic carbocycles. The summed E-state index contributed by atoms with van der Waals surface area (Å²) in [6.07, 6.45) is 3.05.